The highest BCUT2D eigenvalue weighted by Gasteiger charge is 2.23. The van der Waals surface area contributed by atoms with E-state index in [1.54, 1.807) is 0 Å². The third-order valence-corrected chi connectivity index (χ3v) is 2.22. The van der Waals surface area contributed by atoms with Crippen LogP contribution in [0.5, 0.6) is 0 Å². The van der Waals surface area contributed by atoms with Crippen molar-refractivity contribution < 1.29 is 9.59 Å². The first-order chi connectivity index (χ1) is 7.65. The number of carbonyl (C=O) groups excluding carboxylic acids is 2. The van der Waals surface area contributed by atoms with E-state index in [0.717, 1.165) is 0 Å². The molecule has 0 bridgehead atoms. The molecule has 1 atom stereocenters. The average molecular weight is 222 g/mol. The van der Waals surface area contributed by atoms with Gasteiger partial charge in [-0.25, -0.2) is 5.10 Å². The van der Waals surface area contributed by atoms with Gasteiger partial charge in [-0.15, -0.1) is 0 Å². The van der Waals surface area contributed by atoms with Crippen molar-refractivity contribution in [2.45, 2.75) is 12.5 Å². The highest BCUT2D eigenvalue weighted by atomic mass is 16.2. The Morgan fingerprint density at radius 1 is 1.44 bits per heavy atom. The van der Waals surface area contributed by atoms with E-state index in [0.29, 0.717) is 6.54 Å². The zero-order valence-electron chi connectivity index (χ0n) is 8.32. The van der Waals surface area contributed by atoms with Crippen molar-refractivity contribution in [2.24, 2.45) is 0 Å². The largest absolute Gasteiger partial charge is 0.354 e. The number of nitrogens with one attached hydrogen (secondary N) is 3. The molecule has 1 aliphatic heterocycles. The normalized spacial score (nSPS) is 19.2. The van der Waals surface area contributed by atoms with E-state index in [-0.39, 0.29) is 29.6 Å². The molecule has 0 aromatic carbocycles. The zero-order chi connectivity index (χ0) is 11.5. The van der Waals surface area contributed by atoms with Gasteiger partial charge < -0.3 is 10.6 Å². The van der Waals surface area contributed by atoms with Crippen molar-refractivity contribution in [2.75, 3.05) is 6.54 Å². The molecule has 1 aromatic heterocycles. The lowest BCUT2D eigenvalue weighted by molar-refractivity contribution is -0.119. The van der Waals surface area contributed by atoms with Crippen LogP contribution in [0, 0.1) is 0 Å². The van der Waals surface area contributed by atoms with Gasteiger partial charge in [0.05, 0.1) is 6.04 Å². The molecule has 7 heteroatoms. The lowest BCUT2D eigenvalue weighted by Crippen LogP contribution is -2.37. The van der Waals surface area contributed by atoms with Gasteiger partial charge in [0.2, 0.25) is 5.91 Å². The summed E-state index contributed by atoms with van der Waals surface area (Å²) in [6.45, 7) is 0.425. The molecular formula is C9H10N4O3. The molecule has 1 saturated heterocycles. The van der Waals surface area contributed by atoms with E-state index in [1.807, 2.05) is 0 Å². The highest BCUT2D eigenvalue weighted by molar-refractivity contribution is 5.93. The Morgan fingerprint density at radius 2 is 2.25 bits per heavy atom. The van der Waals surface area contributed by atoms with Crippen LogP contribution in [0.3, 0.4) is 0 Å². The Bertz CT molecular complexity index is 461. The SMILES string of the molecule is O=C1C[C@@H](NC(=O)c2ccc(=O)[nH]n2)CN1. The van der Waals surface area contributed by atoms with E-state index in [2.05, 4.69) is 20.8 Å². The Hall–Kier alpha value is -2.18. The van der Waals surface area contributed by atoms with E-state index in [1.165, 1.54) is 12.1 Å². The summed E-state index contributed by atoms with van der Waals surface area (Å²) in [4.78, 5) is 33.2. The minimum Gasteiger partial charge on any atom is -0.354 e. The second-order valence-electron chi connectivity index (χ2n) is 3.49. The van der Waals surface area contributed by atoms with Crippen LogP contribution in [-0.4, -0.2) is 34.6 Å². The monoisotopic (exact) mass is 222 g/mol. The summed E-state index contributed by atoms with van der Waals surface area (Å²) >= 11 is 0. The molecule has 0 radical (unpaired) electrons. The smallest absolute Gasteiger partial charge is 0.272 e. The van der Waals surface area contributed by atoms with Gasteiger partial charge in [0.1, 0.15) is 5.69 Å². The molecular weight excluding hydrogens is 212 g/mol. The molecule has 0 aliphatic carbocycles. The molecule has 0 spiro atoms. The summed E-state index contributed by atoms with van der Waals surface area (Å²) in [6.07, 6.45) is 0.273. The number of aromatic amines is 1. The van der Waals surface area contributed by atoms with Crippen LogP contribution in [-0.2, 0) is 4.79 Å². The first-order valence-corrected chi connectivity index (χ1v) is 4.78. The topological polar surface area (TPSA) is 104 Å². The average Bonchev–Trinajstić information content (AvgIpc) is 2.65. The molecule has 2 rings (SSSR count). The summed E-state index contributed by atoms with van der Waals surface area (Å²) < 4.78 is 0. The molecule has 1 aromatic rings. The molecule has 16 heavy (non-hydrogen) atoms. The summed E-state index contributed by atoms with van der Waals surface area (Å²) in [5.41, 5.74) is -0.242. The van der Waals surface area contributed by atoms with Crippen LogP contribution in [0.25, 0.3) is 0 Å². The fourth-order valence-corrected chi connectivity index (χ4v) is 1.44. The van der Waals surface area contributed by atoms with E-state index < -0.39 is 5.91 Å². The Balaban J connectivity index is 2.00. The maximum absolute atomic E-state index is 11.6. The predicted molar refractivity (Wildman–Crippen MR) is 53.7 cm³/mol. The summed E-state index contributed by atoms with van der Waals surface area (Å²) in [6, 6.07) is 2.34. The van der Waals surface area contributed by atoms with E-state index in [4.69, 9.17) is 0 Å². The lowest BCUT2D eigenvalue weighted by Gasteiger charge is -2.08. The maximum atomic E-state index is 11.6. The zero-order valence-corrected chi connectivity index (χ0v) is 8.32. The van der Waals surface area contributed by atoms with Gasteiger partial charge in [0.25, 0.3) is 11.5 Å². The number of carbonyl (C=O) groups is 2. The third-order valence-electron chi connectivity index (χ3n) is 2.22. The van der Waals surface area contributed by atoms with Gasteiger partial charge in [-0.05, 0) is 6.07 Å². The van der Waals surface area contributed by atoms with Gasteiger partial charge in [0, 0.05) is 19.0 Å². The van der Waals surface area contributed by atoms with Gasteiger partial charge >= 0.3 is 0 Å². The summed E-state index contributed by atoms with van der Waals surface area (Å²) in [5, 5.41) is 11.0. The molecule has 1 aliphatic rings. The summed E-state index contributed by atoms with van der Waals surface area (Å²) in [5.74, 6) is -0.488. The van der Waals surface area contributed by atoms with Crippen molar-refractivity contribution >= 4 is 11.8 Å². The number of aromatic nitrogens is 2. The first kappa shape index (κ1) is 10.3. The van der Waals surface area contributed by atoms with Gasteiger partial charge in [0.15, 0.2) is 0 Å². The second-order valence-corrected chi connectivity index (χ2v) is 3.49. The number of nitrogens with zero attached hydrogens (tertiary/aromatic N) is 1. The lowest BCUT2D eigenvalue weighted by atomic mass is 10.2. The number of H-pyrrole nitrogens is 1. The Morgan fingerprint density at radius 3 is 2.81 bits per heavy atom. The van der Waals surface area contributed by atoms with Crippen molar-refractivity contribution in [3.63, 3.8) is 0 Å². The predicted octanol–water partition coefficient (Wildman–Crippen LogP) is -1.61. The highest BCUT2D eigenvalue weighted by Crippen LogP contribution is 2.00. The number of amides is 2. The molecule has 0 saturated carbocycles. The molecule has 2 amide bonds. The van der Waals surface area contributed by atoms with Crippen molar-refractivity contribution in [3.05, 3.63) is 28.2 Å². The molecule has 7 nitrogen and oxygen atoms in total. The first-order valence-electron chi connectivity index (χ1n) is 4.78. The minimum atomic E-state index is -0.405. The minimum absolute atomic E-state index is 0.0836. The number of rotatable bonds is 2. The fourth-order valence-electron chi connectivity index (χ4n) is 1.44. The van der Waals surface area contributed by atoms with Gasteiger partial charge in [-0.1, -0.05) is 0 Å². The van der Waals surface area contributed by atoms with Gasteiger partial charge in [-0.2, -0.15) is 5.10 Å². The number of hydrogen-bond donors (Lipinski definition) is 3. The van der Waals surface area contributed by atoms with E-state index >= 15 is 0 Å². The standard InChI is InChI=1S/C9H10N4O3/c14-7-2-1-6(12-13-7)9(16)11-5-3-8(15)10-4-5/h1-2,5H,3-4H2,(H,10,15)(H,11,16)(H,13,14)/t5-/m1/s1. The molecule has 0 unspecified atom stereocenters. The maximum Gasteiger partial charge on any atom is 0.272 e. The van der Waals surface area contributed by atoms with Crippen LogP contribution in [0.15, 0.2) is 16.9 Å². The molecule has 3 N–H and O–H groups in total. The van der Waals surface area contributed by atoms with Crippen molar-refractivity contribution in [3.8, 4) is 0 Å². The van der Waals surface area contributed by atoms with Crippen LogP contribution in [0.4, 0.5) is 0 Å². The molecule has 84 valence electrons. The van der Waals surface area contributed by atoms with Crippen LogP contribution >= 0.6 is 0 Å². The Labute approximate surface area is 90.2 Å². The molecule has 2 heterocycles. The Kier molecular flexibility index (Phi) is 2.67. The van der Waals surface area contributed by atoms with Gasteiger partial charge in [-0.3, -0.25) is 14.4 Å². The molecule has 1 fully saturated rings. The van der Waals surface area contributed by atoms with Crippen molar-refractivity contribution in [1.82, 2.24) is 20.8 Å². The van der Waals surface area contributed by atoms with E-state index in [9.17, 15) is 14.4 Å². The van der Waals surface area contributed by atoms with Crippen LogP contribution in [0.1, 0.15) is 16.9 Å². The third kappa shape index (κ3) is 2.25. The van der Waals surface area contributed by atoms with Crippen LogP contribution < -0.4 is 16.2 Å². The van der Waals surface area contributed by atoms with Crippen molar-refractivity contribution in [1.29, 1.82) is 0 Å². The summed E-state index contributed by atoms with van der Waals surface area (Å²) in [7, 11) is 0. The quantitative estimate of drug-likeness (QED) is 0.559. The fraction of sp³-hybridized carbons (Fsp3) is 0.333. The number of hydrogen-bond acceptors (Lipinski definition) is 4. The second kappa shape index (κ2) is 4.13. The van der Waals surface area contributed by atoms with Crippen LogP contribution in [0.2, 0.25) is 0 Å².